The van der Waals surface area contributed by atoms with Crippen LogP contribution in [0.2, 0.25) is 0 Å². The van der Waals surface area contributed by atoms with E-state index in [-0.39, 0.29) is 0 Å². The first kappa shape index (κ1) is 12.3. The molecule has 100 valence electrons. The number of hydrogen-bond donors (Lipinski definition) is 1. The van der Waals surface area contributed by atoms with Crippen molar-refractivity contribution in [2.45, 2.75) is 6.92 Å². The number of ether oxygens (including phenoxy) is 1. The van der Waals surface area contributed by atoms with E-state index in [0.717, 1.165) is 16.7 Å². The molecule has 0 amide bonds. The predicted molar refractivity (Wildman–Crippen MR) is 74.0 cm³/mol. The molecular formula is C14H13N5O. The minimum absolute atomic E-state index is 0.577. The summed E-state index contributed by atoms with van der Waals surface area (Å²) >= 11 is 0. The van der Waals surface area contributed by atoms with Gasteiger partial charge in [-0.25, -0.2) is 4.98 Å². The first-order valence-corrected chi connectivity index (χ1v) is 6.30. The van der Waals surface area contributed by atoms with E-state index >= 15 is 0 Å². The second-order valence-corrected chi connectivity index (χ2v) is 4.10. The van der Waals surface area contributed by atoms with Crippen LogP contribution in [0.5, 0.6) is 5.88 Å². The van der Waals surface area contributed by atoms with E-state index in [2.05, 4.69) is 25.6 Å². The second kappa shape index (κ2) is 5.48. The number of nitrogens with zero attached hydrogens (tertiary/aromatic N) is 4. The summed E-state index contributed by atoms with van der Waals surface area (Å²) in [5, 5.41) is 13.9. The van der Waals surface area contributed by atoms with Crippen molar-refractivity contribution < 1.29 is 4.74 Å². The van der Waals surface area contributed by atoms with Gasteiger partial charge in [-0.3, -0.25) is 0 Å². The molecule has 0 aliphatic heterocycles. The third-order valence-electron chi connectivity index (χ3n) is 2.85. The minimum Gasteiger partial charge on any atom is -0.478 e. The van der Waals surface area contributed by atoms with E-state index in [1.807, 2.05) is 43.3 Å². The van der Waals surface area contributed by atoms with Crippen LogP contribution < -0.4 is 4.74 Å². The lowest BCUT2D eigenvalue weighted by atomic mass is 10.0. The number of tetrazole rings is 1. The monoisotopic (exact) mass is 267 g/mol. The van der Waals surface area contributed by atoms with Crippen molar-refractivity contribution in [3.05, 3.63) is 42.6 Å². The van der Waals surface area contributed by atoms with Crippen molar-refractivity contribution in [2.75, 3.05) is 6.61 Å². The minimum atomic E-state index is 0.577. The number of H-pyrrole nitrogens is 1. The molecule has 1 aromatic carbocycles. The molecule has 3 rings (SSSR count). The fourth-order valence-electron chi connectivity index (χ4n) is 1.95. The highest BCUT2D eigenvalue weighted by atomic mass is 16.5. The largest absolute Gasteiger partial charge is 0.478 e. The first-order valence-electron chi connectivity index (χ1n) is 6.30. The van der Waals surface area contributed by atoms with Gasteiger partial charge >= 0.3 is 0 Å². The number of aromatic amines is 1. The van der Waals surface area contributed by atoms with Crippen LogP contribution in [-0.4, -0.2) is 32.2 Å². The Morgan fingerprint density at radius 2 is 1.90 bits per heavy atom. The fraction of sp³-hybridized carbons (Fsp3) is 0.143. The molecule has 6 nitrogen and oxygen atoms in total. The maximum absolute atomic E-state index is 5.54. The van der Waals surface area contributed by atoms with Gasteiger partial charge in [-0.15, -0.1) is 10.2 Å². The van der Waals surface area contributed by atoms with Gasteiger partial charge in [-0.2, -0.15) is 5.21 Å². The third kappa shape index (κ3) is 2.35. The van der Waals surface area contributed by atoms with Crippen LogP contribution in [0.1, 0.15) is 6.92 Å². The molecule has 0 saturated heterocycles. The molecule has 0 atom stereocenters. The summed E-state index contributed by atoms with van der Waals surface area (Å²) < 4.78 is 5.54. The maximum Gasteiger partial charge on any atom is 0.221 e. The average Bonchev–Trinajstić information content (AvgIpc) is 3.03. The Balaban J connectivity index is 1.95. The van der Waals surface area contributed by atoms with E-state index in [9.17, 15) is 0 Å². The van der Waals surface area contributed by atoms with Crippen LogP contribution >= 0.6 is 0 Å². The number of benzene rings is 1. The summed E-state index contributed by atoms with van der Waals surface area (Å²) in [6.07, 6.45) is 1.72. The highest BCUT2D eigenvalue weighted by Crippen LogP contribution is 2.29. The number of pyridine rings is 1. The van der Waals surface area contributed by atoms with Crippen molar-refractivity contribution in [3.8, 4) is 28.4 Å². The van der Waals surface area contributed by atoms with E-state index in [1.54, 1.807) is 6.20 Å². The normalized spacial score (nSPS) is 10.4. The summed E-state index contributed by atoms with van der Waals surface area (Å²) in [5.41, 5.74) is 2.91. The molecule has 2 heterocycles. The predicted octanol–water partition coefficient (Wildman–Crippen LogP) is 2.33. The Bertz CT molecular complexity index is 679. The van der Waals surface area contributed by atoms with Crippen molar-refractivity contribution in [1.82, 2.24) is 25.6 Å². The zero-order chi connectivity index (χ0) is 13.8. The molecule has 3 aromatic rings. The maximum atomic E-state index is 5.54. The summed E-state index contributed by atoms with van der Waals surface area (Å²) in [6.45, 7) is 2.53. The lowest BCUT2D eigenvalue weighted by Gasteiger charge is -2.08. The number of nitrogens with one attached hydrogen (secondary N) is 1. The number of rotatable bonds is 4. The van der Waals surface area contributed by atoms with Gasteiger partial charge in [0.2, 0.25) is 11.7 Å². The van der Waals surface area contributed by atoms with Crippen LogP contribution in [0.25, 0.3) is 22.5 Å². The van der Waals surface area contributed by atoms with Crippen LogP contribution in [-0.2, 0) is 0 Å². The Labute approximate surface area is 115 Å². The number of hydrogen-bond acceptors (Lipinski definition) is 5. The van der Waals surface area contributed by atoms with Gasteiger partial charge in [0.25, 0.3) is 0 Å². The zero-order valence-corrected chi connectivity index (χ0v) is 10.9. The van der Waals surface area contributed by atoms with Crippen molar-refractivity contribution in [3.63, 3.8) is 0 Å². The molecule has 0 radical (unpaired) electrons. The van der Waals surface area contributed by atoms with Gasteiger partial charge in [0.1, 0.15) is 0 Å². The van der Waals surface area contributed by atoms with Crippen LogP contribution in [0, 0.1) is 0 Å². The smallest absolute Gasteiger partial charge is 0.221 e. The molecule has 0 spiro atoms. The summed E-state index contributed by atoms with van der Waals surface area (Å²) in [4.78, 5) is 4.26. The summed E-state index contributed by atoms with van der Waals surface area (Å²) in [5.74, 6) is 1.22. The Morgan fingerprint density at radius 3 is 2.60 bits per heavy atom. The van der Waals surface area contributed by atoms with Gasteiger partial charge < -0.3 is 4.74 Å². The highest BCUT2D eigenvalue weighted by Gasteiger charge is 2.08. The van der Waals surface area contributed by atoms with Crippen LogP contribution in [0.4, 0.5) is 0 Å². The topological polar surface area (TPSA) is 76.6 Å². The Kier molecular flexibility index (Phi) is 3.36. The van der Waals surface area contributed by atoms with Crippen LogP contribution in [0.3, 0.4) is 0 Å². The van der Waals surface area contributed by atoms with Gasteiger partial charge in [0.15, 0.2) is 0 Å². The molecule has 0 fully saturated rings. The zero-order valence-electron chi connectivity index (χ0n) is 10.9. The summed E-state index contributed by atoms with van der Waals surface area (Å²) in [6, 6.07) is 11.8. The van der Waals surface area contributed by atoms with E-state index < -0.39 is 0 Å². The quantitative estimate of drug-likeness (QED) is 0.785. The standard InChI is InChI=1S/C14H13N5O/c1-2-20-14-12(4-3-9-15-14)10-5-7-11(8-6-10)13-16-18-19-17-13/h3-9H,2H2,1H3,(H,16,17,18,19). The molecule has 1 N–H and O–H groups in total. The van der Waals surface area contributed by atoms with Crippen LogP contribution in [0.15, 0.2) is 42.6 Å². The molecule has 2 aromatic heterocycles. The van der Waals surface area contributed by atoms with Gasteiger partial charge in [-0.1, -0.05) is 24.3 Å². The van der Waals surface area contributed by atoms with E-state index in [4.69, 9.17) is 4.74 Å². The van der Waals surface area contributed by atoms with Crippen molar-refractivity contribution in [2.24, 2.45) is 0 Å². The third-order valence-corrected chi connectivity index (χ3v) is 2.85. The fourth-order valence-corrected chi connectivity index (χ4v) is 1.95. The molecule has 0 bridgehead atoms. The van der Waals surface area contributed by atoms with E-state index in [1.165, 1.54) is 0 Å². The summed E-state index contributed by atoms with van der Waals surface area (Å²) in [7, 11) is 0. The molecule has 20 heavy (non-hydrogen) atoms. The molecule has 0 unspecified atom stereocenters. The van der Waals surface area contributed by atoms with E-state index in [0.29, 0.717) is 18.3 Å². The van der Waals surface area contributed by atoms with Crippen molar-refractivity contribution in [1.29, 1.82) is 0 Å². The molecule has 6 heteroatoms. The molecule has 0 saturated carbocycles. The molecular weight excluding hydrogens is 254 g/mol. The van der Waals surface area contributed by atoms with Gasteiger partial charge in [0.05, 0.1) is 6.61 Å². The first-order chi connectivity index (χ1) is 9.88. The Morgan fingerprint density at radius 1 is 1.10 bits per heavy atom. The molecule has 0 aliphatic rings. The molecule has 0 aliphatic carbocycles. The Hall–Kier alpha value is -2.76. The highest BCUT2D eigenvalue weighted by molar-refractivity contribution is 5.71. The number of aromatic nitrogens is 5. The SMILES string of the molecule is CCOc1ncccc1-c1ccc(-c2nn[nH]n2)cc1. The van der Waals surface area contributed by atoms with Crippen molar-refractivity contribution >= 4 is 0 Å². The average molecular weight is 267 g/mol. The van der Waals surface area contributed by atoms with Gasteiger partial charge in [-0.05, 0) is 29.8 Å². The lowest BCUT2D eigenvalue weighted by molar-refractivity contribution is 0.328. The van der Waals surface area contributed by atoms with Gasteiger partial charge in [0, 0.05) is 17.3 Å². The lowest BCUT2D eigenvalue weighted by Crippen LogP contribution is -1.96. The second-order valence-electron chi connectivity index (χ2n) is 4.10.